The van der Waals surface area contributed by atoms with Crippen LogP contribution in [-0.2, 0) is 4.57 Å². The Morgan fingerprint density at radius 3 is 2.32 bits per heavy atom. The first-order chi connectivity index (χ1) is 10.1. The van der Waals surface area contributed by atoms with Gasteiger partial charge in [0.2, 0.25) is 5.43 Å². The number of phenols is 2. The molecule has 0 spiro atoms. The van der Waals surface area contributed by atoms with E-state index in [4.69, 9.17) is 14.9 Å². The molecule has 0 aliphatic carbocycles. The molecule has 22 heavy (non-hydrogen) atoms. The fourth-order valence-electron chi connectivity index (χ4n) is 1.81. The third-order valence-corrected chi connectivity index (χ3v) is 3.14. The highest BCUT2D eigenvalue weighted by molar-refractivity contribution is 7.46. The van der Waals surface area contributed by atoms with Crippen molar-refractivity contribution in [3.05, 3.63) is 40.1 Å². The molecule has 2 aromatic rings. The Balaban J connectivity index is 2.99. The highest BCUT2D eigenvalue weighted by Gasteiger charge is 2.22. The first kappa shape index (κ1) is 15.8. The number of fused-ring (bicyclic) bond motifs is 1. The fourth-order valence-corrected chi connectivity index (χ4v) is 2.21. The number of hydrogen-bond donors (Lipinski definition) is 5. The van der Waals surface area contributed by atoms with Crippen molar-refractivity contribution >= 4 is 24.6 Å². The Bertz CT molecular complexity index is 884. The normalized spacial score (nSPS) is 11.4. The maximum Gasteiger partial charge on any atom is 0.524 e. The van der Waals surface area contributed by atoms with Gasteiger partial charge in [-0.1, -0.05) is 6.07 Å². The van der Waals surface area contributed by atoms with Crippen molar-refractivity contribution in [1.82, 2.24) is 0 Å². The number of aromatic carboxylic acids is 1. The molecule has 0 saturated carbocycles. The van der Waals surface area contributed by atoms with Crippen LogP contribution in [0.2, 0.25) is 0 Å². The van der Waals surface area contributed by atoms with Crippen LogP contribution in [0.5, 0.6) is 17.2 Å². The van der Waals surface area contributed by atoms with E-state index in [0.717, 1.165) is 12.1 Å². The zero-order valence-corrected chi connectivity index (χ0v) is 11.5. The van der Waals surface area contributed by atoms with Crippen LogP contribution in [0.1, 0.15) is 10.4 Å². The molecule has 5 N–H and O–H groups in total. The van der Waals surface area contributed by atoms with E-state index in [2.05, 4.69) is 4.52 Å². The van der Waals surface area contributed by atoms with E-state index in [-0.39, 0.29) is 5.39 Å². The zero-order valence-electron chi connectivity index (χ0n) is 10.6. The quantitative estimate of drug-likeness (QED) is 0.405. The smallest absolute Gasteiger partial charge is 0.504 e. The van der Waals surface area contributed by atoms with Crippen LogP contribution in [0.25, 0.3) is 10.8 Å². The van der Waals surface area contributed by atoms with E-state index < -0.39 is 47.4 Å². The van der Waals surface area contributed by atoms with Crippen molar-refractivity contribution in [2.45, 2.75) is 0 Å². The van der Waals surface area contributed by atoms with Crippen molar-refractivity contribution in [2.75, 3.05) is 0 Å². The Hall–Kier alpha value is -2.61. The number of benzene rings is 1. The fraction of sp³-hybridized carbons (Fsp3) is 0. The second-order valence-corrected chi connectivity index (χ2v) is 5.39. The Labute approximate surface area is 121 Å². The lowest BCUT2D eigenvalue weighted by atomic mass is 10.1. The maximum absolute atomic E-state index is 12.2. The second-order valence-electron chi connectivity index (χ2n) is 4.22. The summed E-state index contributed by atoms with van der Waals surface area (Å²) in [6.45, 7) is 0. The van der Waals surface area contributed by atoms with Gasteiger partial charge in [0.05, 0.1) is 10.9 Å². The molecular weight excluding hydrogens is 319 g/mol. The Morgan fingerprint density at radius 1 is 1.14 bits per heavy atom. The van der Waals surface area contributed by atoms with E-state index >= 15 is 0 Å². The number of hydrogen-bond acceptors (Lipinski definition) is 6. The van der Waals surface area contributed by atoms with Crippen molar-refractivity contribution in [3.63, 3.8) is 0 Å². The van der Waals surface area contributed by atoms with Gasteiger partial charge in [-0.25, -0.2) is 9.36 Å². The number of phenolic OH excluding ortho intramolecular Hbond substituents is 2. The molecule has 2 rings (SSSR count). The number of carbonyl (C=O) groups is 1. The summed E-state index contributed by atoms with van der Waals surface area (Å²) in [4.78, 5) is 40.9. The van der Waals surface area contributed by atoms with Gasteiger partial charge in [0.1, 0.15) is 0 Å². The van der Waals surface area contributed by atoms with Crippen LogP contribution in [0.3, 0.4) is 0 Å². The van der Waals surface area contributed by atoms with Crippen molar-refractivity contribution in [2.24, 2.45) is 0 Å². The lowest BCUT2D eigenvalue weighted by Crippen LogP contribution is -2.05. The van der Waals surface area contributed by atoms with Crippen LogP contribution in [-0.4, -0.2) is 31.1 Å². The molecule has 2 aromatic carbocycles. The first-order valence-electron chi connectivity index (χ1n) is 5.61. The third-order valence-electron chi connectivity index (χ3n) is 2.70. The molecule has 0 unspecified atom stereocenters. The van der Waals surface area contributed by atoms with E-state index in [0.29, 0.717) is 6.07 Å². The monoisotopic (exact) mass is 328 g/mol. The molecule has 9 nitrogen and oxygen atoms in total. The number of carboxylic acid groups (broad SMARTS) is 1. The Morgan fingerprint density at radius 2 is 1.77 bits per heavy atom. The lowest BCUT2D eigenvalue weighted by Gasteiger charge is -2.04. The largest absolute Gasteiger partial charge is 0.524 e. The zero-order chi connectivity index (χ0) is 16.7. The van der Waals surface area contributed by atoms with Crippen LogP contribution in [0, 0.1) is 0 Å². The summed E-state index contributed by atoms with van der Waals surface area (Å²) in [5.41, 5.74) is -1.68. The molecule has 0 aliphatic heterocycles. The molecule has 0 aliphatic rings. The standard InChI is InChI=1S/C12H9O9P/c13-7-2-1-5-3-6(12(16)17)4-8(21-22(18,19)20)11(15)9(5)10(7)14/h1-4,13-14H,(H,16,17)(H2,18,19,20). The predicted octanol–water partition coefficient (Wildman–Crippen LogP) is 0.781. The van der Waals surface area contributed by atoms with Crippen molar-refractivity contribution in [3.8, 4) is 17.2 Å². The SMILES string of the molecule is O=C(O)c1cc(OP(=O)(O)O)c(=O)c2c(O)c(O)ccc2c1. The van der Waals surface area contributed by atoms with E-state index in [1.54, 1.807) is 0 Å². The van der Waals surface area contributed by atoms with Gasteiger partial charge in [-0.3, -0.25) is 14.6 Å². The molecule has 0 heterocycles. The van der Waals surface area contributed by atoms with Gasteiger partial charge in [-0.15, -0.1) is 0 Å². The number of aromatic hydroxyl groups is 2. The highest BCUT2D eigenvalue weighted by Crippen LogP contribution is 2.38. The van der Waals surface area contributed by atoms with Crippen LogP contribution in [0.15, 0.2) is 29.1 Å². The minimum atomic E-state index is -5.14. The van der Waals surface area contributed by atoms with Crippen LogP contribution >= 0.6 is 7.82 Å². The molecule has 0 radical (unpaired) electrons. The molecule has 0 bridgehead atoms. The highest BCUT2D eigenvalue weighted by atomic mass is 31.2. The van der Waals surface area contributed by atoms with Gasteiger partial charge >= 0.3 is 13.8 Å². The van der Waals surface area contributed by atoms with Gasteiger partial charge in [0.25, 0.3) is 0 Å². The summed E-state index contributed by atoms with van der Waals surface area (Å²) in [5, 5.41) is 27.6. The first-order valence-corrected chi connectivity index (χ1v) is 7.14. The van der Waals surface area contributed by atoms with E-state index in [1.807, 2.05) is 0 Å². The predicted molar refractivity (Wildman–Crippen MR) is 73.2 cm³/mol. The topological polar surface area (TPSA) is 162 Å². The van der Waals surface area contributed by atoms with Crippen molar-refractivity contribution < 1.29 is 39.0 Å². The summed E-state index contributed by atoms with van der Waals surface area (Å²) >= 11 is 0. The van der Waals surface area contributed by atoms with Crippen LogP contribution in [0.4, 0.5) is 0 Å². The molecule has 10 heteroatoms. The minimum Gasteiger partial charge on any atom is -0.504 e. The van der Waals surface area contributed by atoms with Gasteiger partial charge in [0, 0.05) is 0 Å². The summed E-state index contributed by atoms with van der Waals surface area (Å²) in [7, 11) is -5.14. The molecule has 0 aromatic heterocycles. The molecule has 0 fully saturated rings. The summed E-state index contributed by atoms with van der Waals surface area (Å²) in [5.74, 6) is -3.97. The molecule has 0 atom stereocenters. The van der Waals surface area contributed by atoms with Gasteiger partial charge in [0.15, 0.2) is 17.2 Å². The number of rotatable bonds is 3. The average Bonchev–Trinajstić information content (AvgIpc) is 2.51. The van der Waals surface area contributed by atoms with Crippen molar-refractivity contribution in [1.29, 1.82) is 0 Å². The molecule has 116 valence electrons. The summed E-state index contributed by atoms with van der Waals surface area (Å²) in [6.07, 6.45) is 0. The molecular formula is C12H9O9P. The summed E-state index contributed by atoms with van der Waals surface area (Å²) in [6, 6.07) is 3.82. The number of phosphoric ester groups is 1. The molecule has 0 saturated heterocycles. The average molecular weight is 328 g/mol. The van der Waals surface area contributed by atoms with E-state index in [9.17, 15) is 24.4 Å². The van der Waals surface area contributed by atoms with E-state index in [1.165, 1.54) is 6.07 Å². The van der Waals surface area contributed by atoms with Gasteiger partial charge in [-0.2, -0.15) is 0 Å². The lowest BCUT2D eigenvalue weighted by molar-refractivity contribution is 0.0696. The van der Waals surface area contributed by atoms with Gasteiger partial charge < -0.3 is 19.8 Å². The molecule has 0 amide bonds. The maximum atomic E-state index is 12.2. The Kier molecular flexibility index (Phi) is 3.80. The third kappa shape index (κ3) is 3.01. The second kappa shape index (κ2) is 5.30. The van der Waals surface area contributed by atoms with Crippen LogP contribution < -0.4 is 9.95 Å². The minimum absolute atomic E-state index is 0.0572. The summed E-state index contributed by atoms with van der Waals surface area (Å²) < 4.78 is 15.1. The van der Waals surface area contributed by atoms with Gasteiger partial charge in [-0.05, 0) is 23.6 Å². The number of carboxylic acids is 1. The number of phosphoric acid groups is 1.